The van der Waals surface area contributed by atoms with Crippen LogP contribution >= 0.6 is 11.8 Å². The van der Waals surface area contributed by atoms with Crippen molar-refractivity contribution in [2.24, 2.45) is 0 Å². The van der Waals surface area contributed by atoms with Crippen molar-refractivity contribution >= 4 is 28.5 Å². The average molecular weight is 262 g/mol. The summed E-state index contributed by atoms with van der Waals surface area (Å²) in [6.45, 7) is 0. The fourth-order valence-corrected chi connectivity index (χ4v) is 3.06. The summed E-state index contributed by atoms with van der Waals surface area (Å²) in [6.07, 6.45) is 3.81. The zero-order chi connectivity index (χ0) is 12.7. The molecule has 92 valence electrons. The summed E-state index contributed by atoms with van der Waals surface area (Å²) in [6, 6.07) is 1.67. The summed E-state index contributed by atoms with van der Waals surface area (Å²) >= 11 is 0.926. The Morgan fingerprint density at radius 1 is 1.33 bits per heavy atom. The van der Waals surface area contributed by atoms with E-state index in [1.54, 1.807) is 6.07 Å². The number of nitrogens with one attached hydrogen (secondary N) is 1. The minimum Gasteiger partial charge on any atom is -0.506 e. The third kappa shape index (κ3) is 1.78. The normalized spacial score (nSPS) is 22.9. The predicted octanol–water partition coefficient (Wildman–Crippen LogP) is 1.82. The molecule has 3 rings (SSSR count). The molecule has 2 amide bonds. The third-order valence-corrected chi connectivity index (χ3v) is 3.92. The number of fused-ring (bicyclic) bond motifs is 1. The van der Waals surface area contributed by atoms with Crippen molar-refractivity contribution < 1.29 is 14.7 Å². The molecule has 2 heterocycles. The molecular formula is C12H10N2O3S. The number of imide groups is 1. The highest BCUT2D eigenvalue weighted by atomic mass is 32.2. The van der Waals surface area contributed by atoms with Crippen LogP contribution in [0, 0.1) is 0 Å². The van der Waals surface area contributed by atoms with E-state index in [2.05, 4.69) is 10.3 Å². The first-order valence-electron chi connectivity index (χ1n) is 5.60. The molecule has 1 fully saturated rings. The lowest BCUT2D eigenvalue weighted by Gasteiger charge is -2.18. The number of nitrogens with zero attached hydrogens (tertiary/aromatic N) is 1. The second-order valence-corrected chi connectivity index (χ2v) is 5.19. The van der Waals surface area contributed by atoms with Gasteiger partial charge in [-0.2, -0.15) is 0 Å². The number of carbonyl (C=O) groups excluding carboxylic acids is 2. The zero-order valence-corrected chi connectivity index (χ0v) is 10.2. The first-order valence-corrected chi connectivity index (χ1v) is 6.41. The molecule has 2 N–H and O–H groups in total. The van der Waals surface area contributed by atoms with Gasteiger partial charge >= 0.3 is 0 Å². The Morgan fingerprint density at radius 2 is 2.17 bits per heavy atom. The molecule has 5 nitrogen and oxygen atoms in total. The Bertz CT molecular complexity index is 595. The van der Waals surface area contributed by atoms with Gasteiger partial charge in [-0.3, -0.25) is 19.9 Å². The van der Waals surface area contributed by atoms with E-state index < -0.39 is 0 Å². The summed E-state index contributed by atoms with van der Waals surface area (Å²) in [5, 5.41) is 11.3. The summed E-state index contributed by atoms with van der Waals surface area (Å²) in [5.41, 5.74) is 2.47. The van der Waals surface area contributed by atoms with Gasteiger partial charge in [-0.25, -0.2) is 0 Å². The largest absolute Gasteiger partial charge is 0.506 e. The highest BCUT2D eigenvalue weighted by Gasteiger charge is 2.31. The van der Waals surface area contributed by atoms with Gasteiger partial charge in [-0.1, -0.05) is 0 Å². The Balaban J connectivity index is 2.14. The molecule has 6 heteroatoms. The van der Waals surface area contributed by atoms with E-state index in [-0.39, 0.29) is 16.9 Å². The van der Waals surface area contributed by atoms with Crippen molar-refractivity contribution in [3.8, 4) is 5.75 Å². The molecule has 1 aliphatic heterocycles. The Hall–Kier alpha value is -1.82. The van der Waals surface area contributed by atoms with Gasteiger partial charge in [0.15, 0.2) is 0 Å². The second kappa shape index (κ2) is 4.13. The molecular weight excluding hydrogens is 252 g/mol. The fraction of sp³-hybridized carbons (Fsp3) is 0.250. The number of pyridine rings is 1. The number of aromatic hydroxyl groups is 1. The minimum absolute atomic E-state index is 0.125. The van der Waals surface area contributed by atoms with Crippen LogP contribution in [0.15, 0.2) is 17.2 Å². The van der Waals surface area contributed by atoms with Gasteiger partial charge in [-0.05, 0) is 48.2 Å². The monoisotopic (exact) mass is 262 g/mol. The standard InChI is InChI=1S/C12H10N2O3S/c15-7-4-6-2-1-3-8(9(6)13-5-7)10-11(16)14-12(17)18-10/h4-5,15H,1-3H2,(H,14,16,17)/b10-8-. The average Bonchev–Trinajstić information content (AvgIpc) is 2.67. The van der Waals surface area contributed by atoms with Gasteiger partial charge in [0.25, 0.3) is 11.1 Å². The highest BCUT2D eigenvalue weighted by molar-refractivity contribution is 8.18. The van der Waals surface area contributed by atoms with E-state index in [4.69, 9.17) is 0 Å². The Kier molecular flexibility index (Phi) is 2.59. The number of allylic oxidation sites excluding steroid dienone is 1. The molecule has 0 unspecified atom stereocenters. The molecule has 18 heavy (non-hydrogen) atoms. The molecule has 0 aromatic carbocycles. The lowest BCUT2D eigenvalue weighted by Crippen LogP contribution is -2.19. The summed E-state index contributed by atoms with van der Waals surface area (Å²) < 4.78 is 0. The number of thioether (sulfide) groups is 1. The van der Waals surface area contributed by atoms with Crippen molar-refractivity contribution in [3.05, 3.63) is 28.4 Å². The molecule has 0 spiro atoms. The summed E-state index contributed by atoms with van der Waals surface area (Å²) in [5.74, 6) is -0.220. The van der Waals surface area contributed by atoms with E-state index >= 15 is 0 Å². The Labute approximate surface area is 107 Å². The van der Waals surface area contributed by atoms with Gasteiger partial charge in [0.05, 0.1) is 16.8 Å². The zero-order valence-electron chi connectivity index (χ0n) is 9.40. The molecule has 2 aliphatic rings. The van der Waals surface area contributed by atoms with E-state index in [9.17, 15) is 14.7 Å². The van der Waals surface area contributed by atoms with E-state index in [1.165, 1.54) is 6.20 Å². The molecule has 1 aliphatic carbocycles. The first-order chi connectivity index (χ1) is 8.65. The maximum absolute atomic E-state index is 11.7. The maximum atomic E-state index is 11.7. The molecule has 0 bridgehead atoms. The van der Waals surface area contributed by atoms with Crippen LogP contribution in [0.25, 0.3) is 5.57 Å². The van der Waals surface area contributed by atoms with Crippen molar-refractivity contribution in [2.45, 2.75) is 19.3 Å². The summed E-state index contributed by atoms with van der Waals surface area (Å²) in [4.78, 5) is 27.5. The van der Waals surface area contributed by atoms with E-state index in [0.29, 0.717) is 4.91 Å². The van der Waals surface area contributed by atoms with Crippen LogP contribution < -0.4 is 5.32 Å². The molecule has 0 atom stereocenters. The number of amides is 2. The van der Waals surface area contributed by atoms with Crippen LogP contribution in [-0.2, 0) is 11.2 Å². The lowest BCUT2D eigenvalue weighted by molar-refractivity contribution is -0.115. The van der Waals surface area contributed by atoms with Crippen molar-refractivity contribution in [2.75, 3.05) is 0 Å². The van der Waals surface area contributed by atoms with Crippen LogP contribution in [0.3, 0.4) is 0 Å². The fourth-order valence-electron chi connectivity index (χ4n) is 2.27. The van der Waals surface area contributed by atoms with Crippen LogP contribution in [0.4, 0.5) is 4.79 Å². The number of rotatable bonds is 0. The first kappa shape index (κ1) is 11.3. The molecule has 1 saturated heterocycles. The van der Waals surface area contributed by atoms with Gasteiger partial charge < -0.3 is 5.11 Å². The molecule has 1 aromatic rings. The number of hydrogen-bond donors (Lipinski definition) is 2. The van der Waals surface area contributed by atoms with Crippen molar-refractivity contribution in [3.63, 3.8) is 0 Å². The third-order valence-electron chi connectivity index (χ3n) is 3.00. The number of carbonyl (C=O) groups is 2. The second-order valence-electron chi connectivity index (χ2n) is 4.21. The van der Waals surface area contributed by atoms with Crippen LogP contribution in [-0.4, -0.2) is 21.2 Å². The predicted molar refractivity (Wildman–Crippen MR) is 66.9 cm³/mol. The number of aromatic nitrogens is 1. The SMILES string of the molecule is O=C1NC(=O)/C(=C2\CCCc3cc(O)cnc32)S1. The highest BCUT2D eigenvalue weighted by Crippen LogP contribution is 2.38. The Morgan fingerprint density at radius 3 is 2.89 bits per heavy atom. The van der Waals surface area contributed by atoms with E-state index in [0.717, 1.165) is 47.9 Å². The molecule has 0 saturated carbocycles. The number of aryl methyl sites for hydroxylation is 1. The van der Waals surface area contributed by atoms with Crippen molar-refractivity contribution in [1.29, 1.82) is 0 Å². The van der Waals surface area contributed by atoms with E-state index in [1.807, 2.05) is 0 Å². The number of hydrogen-bond acceptors (Lipinski definition) is 5. The quantitative estimate of drug-likeness (QED) is 0.697. The summed E-state index contributed by atoms with van der Waals surface area (Å²) in [7, 11) is 0. The maximum Gasteiger partial charge on any atom is 0.290 e. The van der Waals surface area contributed by atoms with Crippen LogP contribution in [0.2, 0.25) is 0 Å². The lowest BCUT2D eigenvalue weighted by atomic mass is 9.91. The molecule has 0 radical (unpaired) electrons. The smallest absolute Gasteiger partial charge is 0.290 e. The molecule has 1 aromatic heterocycles. The minimum atomic E-state index is -0.345. The van der Waals surface area contributed by atoms with Gasteiger partial charge in [0.2, 0.25) is 0 Å². The van der Waals surface area contributed by atoms with Gasteiger partial charge in [0, 0.05) is 0 Å². The van der Waals surface area contributed by atoms with Gasteiger partial charge in [0.1, 0.15) is 5.75 Å². The topological polar surface area (TPSA) is 79.3 Å². The van der Waals surface area contributed by atoms with Gasteiger partial charge in [-0.15, -0.1) is 0 Å². The van der Waals surface area contributed by atoms with Crippen molar-refractivity contribution in [1.82, 2.24) is 10.3 Å². The van der Waals surface area contributed by atoms with Crippen LogP contribution in [0.1, 0.15) is 24.1 Å². The van der Waals surface area contributed by atoms with Crippen LogP contribution in [0.5, 0.6) is 5.75 Å².